The highest BCUT2D eigenvalue weighted by atomic mass is 16.4. The van der Waals surface area contributed by atoms with Crippen LogP contribution in [0.5, 0.6) is 0 Å². The van der Waals surface area contributed by atoms with E-state index in [2.05, 4.69) is 20.9 Å². The molecule has 1 aromatic heterocycles. The third-order valence-corrected chi connectivity index (χ3v) is 6.29. The highest BCUT2D eigenvalue weighted by molar-refractivity contribution is 5.94. The van der Waals surface area contributed by atoms with Crippen LogP contribution in [0.4, 0.5) is 0 Å². The Labute approximate surface area is 210 Å². The number of rotatable bonds is 13. The fourth-order valence-electron chi connectivity index (χ4n) is 3.82. The first-order valence-electron chi connectivity index (χ1n) is 12.0. The molecule has 0 aliphatic rings. The van der Waals surface area contributed by atoms with Gasteiger partial charge in [0.05, 0.1) is 12.6 Å². The van der Waals surface area contributed by atoms with Crippen LogP contribution < -0.4 is 21.7 Å². The molecule has 36 heavy (non-hydrogen) atoms. The van der Waals surface area contributed by atoms with Crippen LogP contribution >= 0.6 is 0 Å². The highest BCUT2D eigenvalue weighted by Gasteiger charge is 2.33. The van der Waals surface area contributed by atoms with Gasteiger partial charge in [0, 0.05) is 17.1 Å². The lowest BCUT2D eigenvalue weighted by Crippen LogP contribution is -2.60. The van der Waals surface area contributed by atoms with Gasteiger partial charge in [0.25, 0.3) is 0 Å². The smallest absolute Gasteiger partial charge is 0.328 e. The Morgan fingerprint density at radius 1 is 0.972 bits per heavy atom. The number of H-pyrrole nitrogens is 1. The van der Waals surface area contributed by atoms with E-state index < -0.39 is 54.5 Å². The van der Waals surface area contributed by atoms with E-state index >= 15 is 0 Å². The van der Waals surface area contributed by atoms with Gasteiger partial charge in [0.2, 0.25) is 17.7 Å². The summed E-state index contributed by atoms with van der Waals surface area (Å²) >= 11 is 0. The Hall–Kier alpha value is -3.44. The van der Waals surface area contributed by atoms with Gasteiger partial charge in [-0.05, 0) is 29.9 Å². The molecule has 3 amide bonds. The summed E-state index contributed by atoms with van der Waals surface area (Å²) in [5.41, 5.74) is 8.00. The van der Waals surface area contributed by atoms with E-state index in [1.807, 2.05) is 31.2 Å². The van der Waals surface area contributed by atoms with Crippen LogP contribution in [0, 0.1) is 11.8 Å². The number of aliphatic hydroxyl groups is 1. The minimum Gasteiger partial charge on any atom is -0.480 e. The molecule has 0 aliphatic carbocycles. The summed E-state index contributed by atoms with van der Waals surface area (Å²) in [7, 11) is 0. The van der Waals surface area contributed by atoms with Crippen molar-refractivity contribution >= 4 is 34.6 Å². The van der Waals surface area contributed by atoms with Gasteiger partial charge in [-0.25, -0.2) is 4.79 Å². The van der Waals surface area contributed by atoms with E-state index in [1.54, 1.807) is 27.0 Å². The number of nitrogens with two attached hydrogens (primary N) is 1. The molecule has 0 spiro atoms. The van der Waals surface area contributed by atoms with Crippen molar-refractivity contribution in [2.75, 3.05) is 6.61 Å². The Kier molecular flexibility index (Phi) is 10.4. The van der Waals surface area contributed by atoms with Gasteiger partial charge in [-0.2, -0.15) is 0 Å². The molecular weight excluding hydrogens is 466 g/mol. The molecule has 0 radical (unpaired) electrons. The minimum absolute atomic E-state index is 0.263. The molecule has 2 rings (SSSR count). The van der Waals surface area contributed by atoms with E-state index in [0.29, 0.717) is 6.42 Å². The number of carbonyl (C=O) groups is 4. The summed E-state index contributed by atoms with van der Waals surface area (Å²) in [5.74, 6) is -3.88. The molecule has 5 unspecified atom stereocenters. The maximum absolute atomic E-state index is 13.2. The fraction of sp³-hybridized carbons (Fsp3) is 0.520. The Balaban J connectivity index is 2.12. The van der Waals surface area contributed by atoms with Crippen molar-refractivity contribution in [3.05, 3.63) is 36.0 Å². The van der Waals surface area contributed by atoms with Gasteiger partial charge in [0.1, 0.15) is 18.1 Å². The summed E-state index contributed by atoms with van der Waals surface area (Å²) in [6, 6.07) is 3.22. The SMILES string of the molecule is CCC(C)C(NC(=O)C(N)Cc1c[nH]c2ccccc12)C(=O)NC(C(=O)NC(CO)C(=O)O)C(C)C. The second-order valence-corrected chi connectivity index (χ2v) is 9.35. The lowest BCUT2D eigenvalue weighted by atomic mass is 9.95. The normalized spacial score (nSPS) is 15.5. The quantitative estimate of drug-likeness (QED) is 0.204. The monoisotopic (exact) mass is 503 g/mol. The molecule has 11 heteroatoms. The van der Waals surface area contributed by atoms with E-state index in [9.17, 15) is 24.3 Å². The second-order valence-electron chi connectivity index (χ2n) is 9.35. The number of amides is 3. The van der Waals surface area contributed by atoms with Crippen LogP contribution in [0.3, 0.4) is 0 Å². The molecule has 0 aliphatic heterocycles. The maximum Gasteiger partial charge on any atom is 0.328 e. The lowest BCUT2D eigenvalue weighted by molar-refractivity contribution is -0.143. The molecule has 5 atom stereocenters. The van der Waals surface area contributed by atoms with Crippen molar-refractivity contribution in [2.45, 2.75) is 64.7 Å². The number of benzene rings is 1. The zero-order valence-electron chi connectivity index (χ0n) is 21.1. The van der Waals surface area contributed by atoms with Crippen LogP contribution in [0.25, 0.3) is 10.9 Å². The lowest BCUT2D eigenvalue weighted by Gasteiger charge is -2.29. The number of carboxylic acids is 1. The number of hydrogen-bond donors (Lipinski definition) is 7. The average molecular weight is 504 g/mol. The van der Waals surface area contributed by atoms with Crippen molar-refractivity contribution < 1.29 is 29.4 Å². The topological polar surface area (TPSA) is 187 Å². The fourth-order valence-corrected chi connectivity index (χ4v) is 3.82. The van der Waals surface area contributed by atoms with Crippen LogP contribution in [0.15, 0.2) is 30.5 Å². The van der Waals surface area contributed by atoms with Crippen molar-refractivity contribution in [2.24, 2.45) is 17.6 Å². The van der Waals surface area contributed by atoms with Gasteiger partial charge in [0.15, 0.2) is 0 Å². The predicted octanol–water partition coefficient (Wildman–Crippen LogP) is 0.271. The number of para-hydroxylation sites is 1. The first-order valence-corrected chi connectivity index (χ1v) is 12.0. The third kappa shape index (κ3) is 7.28. The van der Waals surface area contributed by atoms with Gasteiger partial charge in [-0.3, -0.25) is 14.4 Å². The number of hydrogen-bond acceptors (Lipinski definition) is 6. The largest absolute Gasteiger partial charge is 0.480 e. The molecular formula is C25H37N5O6. The summed E-state index contributed by atoms with van der Waals surface area (Å²) in [5, 5.41) is 26.8. The summed E-state index contributed by atoms with van der Waals surface area (Å²) < 4.78 is 0. The second kappa shape index (κ2) is 13.0. The molecule has 0 saturated carbocycles. The van der Waals surface area contributed by atoms with Crippen molar-refractivity contribution in [1.29, 1.82) is 0 Å². The number of carboxylic acid groups (broad SMARTS) is 1. The summed E-state index contributed by atoms with van der Waals surface area (Å²) in [4.78, 5) is 53.1. The Morgan fingerprint density at radius 2 is 1.58 bits per heavy atom. The zero-order chi connectivity index (χ0) is 27.0. The van der Waals surface area contributed by atoms with E-state index in [1.165, 1.54) is 0 Å². The van der Waals surface area contributed by atoms with E-state index in [0.717, 1.165) is 16.5 Å². The van der Waals surface area contributed by atoms with Crippen LogP contribution in [0.1, 0.15) is 39.7 Å². The molecule has 198 valence electrons. The van der Waals surface area contributed by atoms with Crippen LogP contribution in [0.2, 0.25) is 0 Å². The summed E-state index contributed by atoms with van der Waals surface area (Å²) in [6.07, 6.45) is 2.64. The van der Waals surface area contributed by atoms with Gasteiger partial charge < -0.3 is 36.9 Å². The number of fused-ring (bicyclic) bond motifs is 1. The van der Waals surface area contributed by atoms with Crippen LogP contribution in [-0.4, -0.2) is 69.7 Å². The number of nitrogens with one attached hydrogen (secondary N) is 4. The molecule has 2 aromatic rings. The highest BCUT2D eigenvalue weighted by Crippen LogP contribution is 2.19. The summed E-state index contributed by atoms with van der Waals surface area (Å²) in [6.45, 7) is 6.25. The average Bonchev–Trinajstić information content (AvgIpc) is 3.25. The van der Waals surface area contributed by atoms with Crippen LogP contribution in [-0.2, 0) is 25.6 Å². The number of aromatic amines is 1. The molecule has 11 nitrogen and oxygen atoms in total. The Bertz CT molecular complexity index is 1070. The molecule has 0 saturated heterocycles. The Morgan fingerprint density at radius 3 is 2.17 bits per heavy atom. The van der Waals surface area contributed by atoms with Gasteiger partial charge >= 0.3 is 5.97 Å². The molecule has 0 bridgehead atoms. The number of carbonyl (C=O) groups excluding carboxylic acids is 3. The van der Waals surface area contributed by atoms with Crippen molar-refractivity contribution in [1.82, 2.24) is 20.9 Å². The third-order valence-electron chi connectivity index (χ3n) is 6.29. The first-order chi connectivity index (χ1) is 17.0. The number of aromatic nitrogens is 1. The zero-order valence-corrected chi connectivity index (χ0v) is 21.1. The first kappa shape index (κ1) is 28.8. The van der Waals surface area contributed by atoms with Gasteiger partial charge in [-0.15, -0.1) is 0 Å². The van der Waals surface area contributed by atoms with Crippen molar-refractivity contribution in [3.8, 4) is 0 Å². The number of aliphatic carboxylic acids is 1. The molecule has 1 aromatic carbocycles. The van der Waals surface area contributed by atoms with E-state index in [-0.39, 0.29) is 18.3 Å². The molecule has 0 fully saturated rings. The standard InChI is InChI=1S/C25H37N5O6/c1-5-14(4)21(24(34)29-20(13(2)3)23(33)28-19(12-31)25(35)36)30-22(32)17(26)10-15-11-27-18-9-7-6-8-16(15)18/h6-9,11,13-14,17,19-21,27,31H,5,10,12,26H2,1-4H3,(H,28,33)(H,29,34)(H,30,32)(H,35,36). The molecule has 1 heterocycles. The predicted molar refractivity (Wildman–Crippen MR) is 135 cm³/mol. The van der Waals surface area contributed by atoms with Crippen molar-refractivity contribution in [3.63, 3.8) is 0 Å². The number of aliphatic hydroxyl groups excluding tert-OH is 1. The van der Waals surface area contributed by atoms with E-state index in [4.69, 9.17) is 10.8 Å². The molecule has 8 N–H and O–H groups in total. The maximum atomic E-state index is 13.2. The van der Waals surface area contributed by atoms with Gasteiger partial charge in [-0.1, -0.05) is 52.3 Å². The minimum atomic E-state index is -1.50.